The Morgan fingerprint density at radius 2 is 2.05 bits per heavy atom. The molecule has 3 unspecified atom stereocenters. The molecule has 20 heavy (non-hydrogen) atoms. The summed E-state index contributed by atoms with van der Waals surface area (Å²) in [6.45, 7) is 9.26. The van der Waals surface area contributed by atoms with Gasteiger partial charge >= 0.3 is 0 Å². The van der Waals surface area contributed by atoms with Gasteiger partial charge in [-0.05, 0) is 18.9 Å². The number of hydrogen-bond donors (Lipinski definition) is 1. The highest BCUT2D eigenvalue weighted by Crippen LogP contribution is 2.27. The molecule has 1 N–H and O–H groups in total. The lowest BCUT2D eigenvalue weighted by Gasteiger charge is -2.43. The van der Waals surface area contributed by atoms with E-state index in [1.165, 1.54) is 5.56 Å². The van der Waals surface area contributed by atoms with E-state index in [4.69, 9.17) is 4.74 Å². The molecule has 1 saturated heterocycles. The van der Waals surface area contributed by atoms with Gasteiger partial charge in [0.2, 0.25) is 0 Å². The third kappa shape index (κ3) is 3.40. The van der Waals surface area contributed by atoms with Crippen molar-refractivity contribution in [1.82, 2.24) is 4.90 Å². The number of aliphatic hydroxyl groups is 1. The minimum absolute atomic E-state index is 0.166. The quantitative estimate of drug-likeness (QED) is 0.897. The topological polar surface area (TPSA) is 32.7 Å². The molecule has 1 aliphatic heterocycles. The van der Waals surface area contributed by atoms with Crippen molar-refractivity contribution in [2.24, 2.45) is 0 Å². The van der Waals surface area contributed by atoms with Gasteiger partial charge in [0.25, 0.3) is 0 Å². The zero-order valence-corrected chi connectivity index (χ0v) is 12.9. The van der Waals surface area contributed by atoms with Crippen molar-refractivity contribution in [3.05, 3.63) is 35.9 Å². The van der Waals surface area contributed by atoms with E-state index in [1.807, 2.05) is 18.2 Å². The molecule has 3 heteroatoms. The van der Waals surface area contributed by atoms with Crippen molar-refractivity contribution in [1.29, 1.82) is 0 Å². The third-order valence-electron chi connectivity index (χ3n) is 4.42. The second-order valence-electron chi connectivity index (χ2n) is 6.22. The average Bonchev–Trinajstić information content (AvgIpc) is 2.48. The number of aliphatic hydroxyl groups excluding tert-OH is 1. The average molecular weight is 277 g/mol. The summed E-state index contributed by atoms with van der Waals surface area (Å²) in [6.07, 6.45) is 1.36. The number of rotatable bonds is 5. The summed E-state index contributed by atoms with van der Waals surface area (Å²) in [7, 11) is 0. The van der Waals surface area contributed by atoms with Crippen molar-refractivity contribution in [3.63, 3.8) is 0 Å². The molecule has 1 aliphatic rings. The Labute approximate surface area is 122 Å². The fraction of sp³-hybridized carbons (Fsp3) is 0.647. The molecule has 0 spiro atoms. The SMILES string of the molecule is CCC1COC(C)CN1CC(C)(CO)c1ccccc1. The van der Waals surface area contributed by atoms with Gasteiger partial charge in [0, 0.05) is 24.5 Å². The number of hydrogen-bond acceptors (Lipinski definition) is 3. The maximum Gasteiger partial charge on any atom is 0.0674 e. The highest BCUT2D eigenvalue weighted by Gasteiger charge is 2.33. The molecule has 1 fully saturated rings. The van der Waals surface area contributed by atoms with E-state index < -0.39 is 0 Å². The molecule has 3 atom stereocenters. The molecular formula is C17H27NO2. The highest BCUT2D eigenvalue weighted by molar-refractivity contribution is 5.25. The predicted molar refractivity (Wildman–Crippen MR) is 81.9 cm³/mol. The Hall–Kier alpha value is -0.900. The summed E-state index contributed by atoms with van der Waals surface area (Å²) in [6, 6.07) is 10.8. The monoisotopic (exact) mass is 277 g/mol. The van der Waals surface area contributed by atoms with Crippen LogP contribution in [0.15, 0.2) is 30.3 Å². The fourth-order valence-corrected chi connectivity index (χ4v) is 3.00. The second kappa shape index (κ2) is 6.70. The molecule has 0 amide bonds. The van der Waals surface area contributed by atoms with Gasteiger partial charge in [-0.3, -0.25) is 4.90 Å². The lowest BCUT2D eigenvalue weighted by atomic mass is 9.82. The molecule has 1 aromatic carbocycles. The first-order chi connectivity index (χ1) is 9.59. The van der Waals surface area contributed by atoms with Crippen LogP contribution in [0.2, 0.25) is 0 Å². The van der Waals surface area contributed by atoms with Gasteiger partial charge in [-0.2, -0.15) is 0 Å². The maximum absolute atomic E-state index is 9.94. The van der Waals surface area contributed by atoms with Gasteiger partial charge in [-0.15, -0.1) is 0 Å². The van der Waals surface area contributed by atoms with Crippen molar-refractivity contribution in [2.45, 2.75) is 44.8 Å². The number of ether oxygens (including phenoxy) is 1. The zero-order chi connectivity index (χ0) is 14.6. The summed E-state index contributed by atoms with van der Waals surface area (Å²) in [5.74, 6) is 0. The molecule has 1 aromatic rings. The van der Waals surface area contributed by atoms with E-state index in [0.717, 1.165) is 26.1 Å². The summed E-state index contributed by atoms with van der Waals surface area (Å²) in [4.78, 5) is 2.48. The summed E-state index contributed by atoms with van der Waals surface area (Å²) < 4.78 is 5.76. The Morgan fingerprint density at radius 3 is 2.65 bits per heavy atom. The number of nitrogens with zero attached hydrogens (tertiary/aromatic N) is 1. The van der Waals surface area contributed by atoms with Crippen LogP contribution in [0.1, 0.15) is 32.8 Å². The standard InChI is InChI=1S/C17H27NO2/c1-4-16-11-20-14(2)10-18(16)12-17(3,13-19)15-8-6-5-7-9-15/h5-9,14,16,19H,4,10-13H2,1-3H3. The molecule has 1 heterocycles. The molecule has 3 nitrogen and oxygen atoms in total. The zero-order valence-electron chi connectivity index (χ0n) is 12.9. The van der Waals surface area contributed by atoms with Crippen LogP contribution < -0.4 is 0 Å². The Balaban J connectivity index is 2.15. The first kappa shape index (κ1) is 15.5. The summed E-state index contributed by atoms with van der Waals surface area (Å²) >= 11 is 0. The van der Waals surface area contributed by atoms with Gasteiger partial charge in [0.15, 0.2) is 0 Å². The van der Waals surface area contributed by atoms with Crippen LogP contribution in [0.5, 0.6) is 0 Å². The van der Waals surface area contributed by atoms with E-state index in [0.29, 0.717) is 6.04 Å². The molecule has 0 aliphatic carbocycles. The van der Waals surface area contributed by atoms with E-state index >= 15 is 0 Å². The van der Waals surface area contributed by atoms with E-state index in [-0.39, 0.29) is 18.1 Å². The third-order valence-corrected chi connectivity index (χ3v) is 4.42. The summed E-state index contributed by atoms with van der Waals surface area (Å²) in [5.41, 5.74) is 0.989. The number of morpholine rings is 1. The van der Waals surface area contributed by atoms with Crippen LogP contribution in [0.4, 0.5) is 0 Å². The van der Waals surface area contributed by atoms with Crippen molar-refractivity contribution in [2.75, 3.05) is 26.3 Å². The highest BCUT2D eigenvalue weighted by atomic mass is 16.5. The van der Waals surface area contributed by atoms with Gasteiger partial charge < -0.3 is 9.84 Å². The summed E-state index contributed by atoms with van der Waals surface area (Å²) in [5, 5.41) is 9.94. The molecule has 0 bridgehead atoms. The Bertz CT molecular complexity index is 409. The van der Waals surface area contributed by atoms with Crippen LogP contribution in [0, 0.1) is 0 Å². The van der Waals surface area contributed by atoms with Crippen molar-refractivity contribution >= 4 is 0 Å². The minimum Gasteiger partial charge on any atom is -0.395 e. The van der Waals surface area contributed by atoms with Gasteiger partial charge in [-0.25, -0.2) is 0 Å². The molecule has 0 radical (unpaired) electrons. The maximum atomic E-state index is 9.94. The Kier molecular flexibility index (Phi) is 5.19. The fourth-order valence-electron chi connectivity index (χ4n) is 3.00. The largest absolute Gasteiger partial charge is 0.395 e. The lowest BCUT2D eigenvalue weighted by Crippen LogP contribution is -2.53. The molecular weight excluding hydrogens is 250 g/mol. The first-order valence-electron chi connectivity index (χ1n) is 7.61. The van der Waals surface area contributed by atoms with Crippen molar-refractivity contribution in [3.8, 4) is 0 Å². The van der Waals surface area contributed by atoms with Gasteiger partial charge in [0.05, 0.1) is 19.3 Å². The first-order valence-corrected chi connectivity index (χ1v) is 7.61. The molecule has 2 rings (SSSR count). The smallest absolute Gasteiger partial charge is 0.0674 e. The van der Waals surface area contributed by atoms with Gasteiger partial charge in [-0.1, -0.05) is 44.2 Å². The second-order valence-corrected chi connectivity index (χ2v) is 6.22. The molecule has 0 saturated carbocycles. The normalized spacial score (nSPS) is 27.2. The Morgan fingerprint density at radius 1 is 1.35 bits per heavy atom. The van der Waals surface area contributed by atoms with Crippen LogP contribution in [-0.4, -0.2) is 48.5 Å². The van der Waals surface area contributed by atoms with Crippen LogP contribution in [0.3, 0.4) is 0 Å². The van der Waals surface area contributed by atoms with Crippen LogP contribution in [-0.2, 0) is 10.2 Å². The lowest BCUT2D eigenvalue weighted by molar-refractivity contribution is -0.0649. The molecule has 112 valence electrons. The minimum atomic E-state index is -0.217. The van der Waals surface area contributed by atoms with Crippen LogP contribution >= 0.6 is 0 Å². The van der Waals surface area contributed by atoms with Gasteiger partial charge in [0.1, 0.15) is 0 Å². The van der Waals surface area contributed by atoms with E-state index in [2.05, 4.69) is 37.8 Å². The molecule has 0 aromatic heterocycles. The predicted octanol–water partition coefficient (Wildman–Crippen LogP) is 2.44. The van der Waals surface area contributed by atoms with E-state index in [1.54, 1.807) is 0 Å². The van der Waals surface area contributed by atoms with Crippen LogP contribution in [0.25, 0.3) is 0 Å². The van der Waals surface area contributed by atoms with E-state index in [9.17, 15) is 5.11 Å². The van der Waals surface area contributed by atoms with Crippen molar-refractivity contribution < 1.29 is 9.84 Å². The number of benzene rings is 1.